The lowest BCUT2D eigenvalue weighted by molar-refractivity contribution is 0.303. The number of rotatable bonds is 6. The number of ether oxygens (including phenoxy) is 2. The zero-order chi connectivity index (χ0) is 29.5. The number of hydrogen-bond acceptors (Lipinski definition) is 5. The zero-order valence-corrected chi connectivity index (χ0v) is 28.4. The Hall–Kier alpha value is -3.22. The van der Waals surface area contributed by atoms with E-state index >= 15 is 0 Å². The lowest BCUT2D eigenvalue weighted by atomic mass is 9.83. The van der Waals surface area contributed by atoms with Gasteiger partial charge in [-0.25, -0.2) is 4.99 Å². The summed E-state index contributed by atoms with van der Waals surface area (Å²) < 4.78 is 16.5. The van der Waals surface area contributed by atoms with Crippen molar-refractivity contribution in [3.8, 4) is 11.5 Å². The molecular formula is C35H26I2N2O3S. The van der Waals surface area contributed by atoms with Gasteiger partial charge >= 0.3 is 0 Å². The smallest absolute Gasteiger partial charge is 0.271 e. The van der Waals surface area contributed by atoms with Crippen molar-refractivity contribution in [1.82, 2.24) is 4.57 Å². The normalized spacial score (nSPS) is 15.8. The average molecular weight is 808 g/mol. The van der Waals surface area contributed by atoms with E-state index in [9.17, 15) is 4.79 Å². The molecule has 43 heavy (non-hydrogen) atoms. The predicted octanol–water partition coefficient (Wildman–Crippen LogP) is 7.12. The molecule has 0 radical (unpaired) electrons. The van der Waals surface area contributed by atoms with Crippen LogP contribution in [0.4, 0.5) is 0 Å². The van der Waals surface area contributed by atoms with E-state index in [1.54, 1.807) is 7.11 Å². The molecule has 7 rings (SSSR count). The second-order valence-corrected chi connectivity index (χ2v) is 13.9. The first-order valence-corrected chi connectivity index (χ1v) is 16.9. The fourth-order valence-corrected chi connectivity index (χ4v) is 8.88. The summed E-state index contributed by atoms with van der Waals surface area (Å²) in [7, 11) is 1.67. The van der Waals surface area contributed by atoms with Crippen molar-refractivity contribution >= 4 is 68.3 Å². The molecule has 0 unspecified atom stereocenters. The topological polar surface area (TPSA) is 52.8 Å². The number of halogens is 2. The van der Waals surface area contributed by atoms with E-state index < -0.39 is 0 Å². The van der Waals surface area contributed by atoms with Crippen LogP contribution in [-0.4, -0.2) is 11.7 Å². The number of nitrogens with zero attached hydrogens (tertiary/aromatic N) is 2. The first-order chi connectivity index (χ1) is 21.0. The van der Waals surface area contributed by atoms with Gasteiger partial charge < -0.3 is 9.47 Å². The first-order valence-electron chi connectivity index (χ1n) is 13.9. The van der Waals surface area contributed by atoms with Gasteiger partial charge in [-0.15, -0.1) is 0 Å². The van der Waals surface area contributed by atoms with Crippen molar-refractivity contribution in [2.45, 2.75) is 25.5 Å². The fraction of sp³-hybridized carbons (Fsp3) is 0.143. The van der Waals surface area contributed by atoms with Crippen LogP contribution in [-0.2, 0) is 13.0 Å². The van der Waals surface area contributed by atoms with E-state index in [1.807, 2.05) is 47.0 Å². The van der Waals surface area contributed by atoms with Crippen molar-refractivity contribution in [1.29, 1.82) is 0 Å². The predicted molar refractivity (Wildman–Crippen MR) is 188 cm³/mol. The zero-order valence-electron chi connectivity index (χ0n) is 23.2. The Morgan fingerprint density at radius 1 is 0.977 bits per heavy atom. The molecule has 1 aliphatic heterocycles. The van der Waals surface area contributed by atoms with Crippen LogP contribution in [0.1, 0.15) is 40.3 Å². The number of aromatic nitrogens is 1. The molecule has 0 spiro atoms. The maximum absolute atomic E-state index is 14.3. The number of benzene rings is 4. The van der Waals surface area contributed by atoms with E-state index in [4.69, 9.17) is 14.5 Å². The van der Waals surface area contributed by atoms with Crippen molar-refractivity contribution in [3.05, 3.63) is 151 Å². The molecule has 1 aliphatic carbocycles. The Labute approximate surface area is 280 Å². The summed E-state index contributed by atoms with van der Waals surface area (Å²) in [6.07, 6.45) is 3.72. The molecule has 2 heterocycles. The van der Waals surface area contributed by atoms with Gasteiger partial charge in [-0.1, -0.05) is 78.1 Å². The number of methoxy groups -OCH3 is 1. The summed E-state index contributed by atoms with van der Waals surface area (Å²) in [6, 6.07) is 30.5. The van der Waals surface area contributed by atoms with Gasteiger partial charge in [0.15, 0.2) is 4.80 Å². The molecule has 8 heteroatoms. The van der Waals surface area contributed by atoms with Crippen molar-refractivity contribution in [2.75, 3.05) is 7.11 Å². The van der Waals surface area contributed by atoms with E-state index in [0.29, 0.717) is 15.9 Å². The highest BCUT2D eigenvalue weighted by molar-refractivity contribution is 14.1. The van der Waals surface area contributed by atoms with Gasteiger partial charge in [-0.3, -0.25) is 9.36 Å². The Kier molecular flexibility index (Phi) is 8.00. The van der Waals surface area contributed by atoms with E-state index in [0.717, 1.165) is 59.4 Å². The molecule has 5 nitrogen and oxygen atoms in total. The number of fused-ring (bicyclic) bond motifs is 3. The van der Waals surface area contributed by atoms with Gasteiger partial charge in [0.05, 0.1) is 27.0 Å². The van der Waals surface area contributed by atoms with Gasteiger partial charge in [0, 0.05) is 14.7 Å². The highest BCUT2D eigenvalue weighted by Crippen LogP contribution is 2.41. The number of aryl methyl sites for hydroxylation is 1. The second kappa shape index (κ2) is 12.0. The van der Waals surface area contributed by atoms with Crippen LogP contribution in [0.15, 0.2) is 106 Å². The third-order valence-electron chi connectivity index (χ3n) is 7.83. The number of allylic oxidation sites excluding steroid dienone is 1. The van der Waals surface area contributed by atoms with Gasteiger partial charge in [-0.05, 0) is 111 Å². The average Bonchev–Trinajstić information content (AvgIpc) is 3.33. The SMILES string of the molecule is COc1cccc([C@H]2C3=C(N=c4s/c(=C/c5cc(I)cc(I)c5OCc5ccccc5)c(=O)n42)c2ccccc2CC3)c1. The van der Waals surface area contributed by atoms with Gasteiger partial charge in [0.1, 0.15) is 18.1 Å². The minimum absolute atomic E-state index is 0.0511. The summed E-state index contributed by atoms with van der Waals surface area (Å²) >= 11 is 6.07. The standard InChI is InChI=1S/C35H26I2N2O3S/c1-41-26-12-7-11-23(17-26)32-28-15-14-22-10-5-6-13-27(22)31(28)38-35-39(32)34(40)30(43-35)18-24-16-25(36)19-29(37)33(24)42-20-21-8-3-2-4-9-21/h2-13,16-19,32H,14-15,20H2,1H3/b30-18+/t32-/m0/s1. The lowest BCUT2D eigenvalue weighted by Crippen LogP contribution is -2.38. The molecule has 0 saturated heterocycles. The van der Waals surface area contributed by atoms with Gasteiger partial charge in [0.2, 0.25) is 0 Å². The Morgan fingerprint density at radius 3 is 2.63 bits per heavy atom. The Bertz CT molecular complexity index is 2080. The van der Waals surface area contributed by atoms with Crippen LogP contribution in [0.2, 0.25) is 0 Å². The summed E-state index contributed by atoms with van der Waals surface area (Å²) in [6.45, 7) is 0.446. The maximum atomic E-state index is 14.3. The Morgan fingerprint density at radius 2 is 1.79 bits per heavy atom. The second-order valence-electron chi connectivity index (χ2n) is 10.5. The number of hydrogen-bond donors (Lipinski definition) is 0. The van der Waals surface area contributed by atoms with Crippen LogP contribution in [0.5, 0.6) is 11.5 Å². The molecule has 4 aromatic carbocycles. The molecule has 5 aromatic rings. The maximum Gasteiger partial charge on any atom is 0.271 e. The van der Waals surface area contributed by atoms with Crippen molar-refractivity contribution in [2.24, 2.45) is 4.99 Å². The summed E-state index contributed by atoms with van der Waals surface area (Å²) in [5, 5.41) is 0. The van der Waals surface area contributed by atoms with E-state index in [1.165, 1.54) is 22.5 Å². The fourth-order valence-electron chi connectivity index (χ4n) is 5.84. The first kappa shape index (κ1) is 28.5. The van der Waals surface area contributed by atoms with Gasteiger partial charge in [-0.2, -0.15) is 0 Å². The minimum Gasteiger partial charge on any atom is -0.497 e. The highest BCUT2D eigenvalue weighted by atomic mass is 127. The van der Waals surface area contributed by atoms with Crippen LogP contribution < -0.4 is 24.4 Å². The monoisotopic (exact) mass is 808 g/mol. The molecule has 0 amide bonds. The molecule has 0 bridgehead atoms. The molecule has 1 atom stereocenters. The molecule has 0 N–H and O–H groups in total. The molecule has 0 fully saturated rings. The molecular weight excluding hydrogens is 782 g/mol. The molecule has 214 valence electrons. The van der Waals surface area contributed by atoms with Crippen LogP contribution in [0.25, 0.3) is 11.8 Å². The van der Waals surface area contributed by atoms with Crippen LogP contribution in [0, 0.1) is 7.14 Å². The summed E-state index contributed by atoms with van der Waals surface area (Å²) in [5.41, 5.74) is 7.53. The van der Waals surface area contributed by atoms with Crippen molar-refractivity contribution in [3.63, 3.8) is 0 Å². The van der Waals surface area contributed by atoms with E-state index in [2.05, 4.69) is 99.8 Å². The summed E-state index contributed by atoms with van der Waals surface area (Å²) in [5.74, 6) is 1.54. The molecule has 1 aromatic heterocycles. The highest BCUT2D eigenvalue weighted by Gasteiger charge is 2.32. The van der Waals surface area contributed by atoms with E-state index in [-0.39, 0.29) is 11.6 Å². The lowest BCUT2D eigenvalue weighted by Gasteiger charge is -2.31. The third kappa shape index (κ3) is 5.49. The Balaban J connectivity index is 1.41. The van der Waals surface area contributed by atoms with Crippen molar-refractivity contribution < 1.29 is 9.47 Å². The van der Waals surface area contributed by atoms with Crippen LogP contribution in [0.3, 0.4) is 0 Å². The largest absolute Gasteiger partial charge is 0.497 e. The quantitative estimate of drug-likeness (QED) is 0.172. The molecule has 0 saturated carbocycles. The minimum atomic E-state index is -0.262. The molecule has 2 aliphatic rings. The summed E-state index contributed by atoms with van der Waals surface area (Å²) in [4.78, 5) is 20.2. The van der Waals surface area contributed by atoms with Gasteiger partial charge in [0.25, 0.3) is 5.56 Å². The third-order valence-corrected chi connectivity index (χ3v) is 10.2. The number of thiazole rings is 1. The van der Waals surface area contributed by atoms with Crippen LogP contribution >= 0.6 is 56.5 Å².